The molecular formula is C13H20N2O2. The topological polar surface area (TPSA) is 66.6 Å². The van der Waals surface area contributed by atoms with Crippen LogP contribution in [0, 0.1) is 0 Å². The van der Waals surface area contributed by atoms with E-state index < -0.39 is 11.6 Å². The second-order valence-electron chi connectivity index (χ2n) is 4.41. The van der Waals surface area contributed by atoms with E-state index in [0.29, 0.717) is 19.5 Å². The Morgan fingerprint density at radius 3 is 2.41 bits per heavy atom. The standard InChI is InChI=1S/C13H20N2O2/c1-3-13(2,10-14)15(12(16)17)9-11-7-5-4-6-8-11/h4-8H,3,9-10,14H2,1-2H3,(H,16,17). The minimum absolute atomic E-state index is 0.322. The highest BCUT2D eigenvalue weighted by Crippen LogP contribution is 2.21. The third kappa shape index (κ3) is 3.20. The van der Waals surface area contributed by atoms with Crippen molar-refractivity contribution in [2.45, 2.75) is 32.4 Å². The van der Waals surface area contributed by atoms with Gasteiger partial charge in [-0.25, -0.2) is 4.79 Å². The molecular weight excluding hydrogens is 216 g/mol. The zero-order valence-corrected chi connectivity index (χ0v) is 10.4. The first-order valence-corrected chi connectivity index (χ1v) is 5.78. The van der Waals surface area contributed by atoms with Gasteiger partial charge in [0.15, 0.2) is 0 Å². The largest absolute Gasteiger partial charge is 0.465 e. The molecule has 0 saturated heterocycles. The third-order valence-electron chi connectivity index (χ3n) is 3.27. The molecule has 1 unspecified atom stereocenters. The molecule has 0 fully saturated rings. The Hall–Kier alpha value is -1.55. The SMILES string of the molecule is CCC(C)(CN)N(Cc1ccccc1)C(=O)O. The fourth-order valence-corrected chi connectivity index (χ4v) is 1.70. The molecule has 0 aliphatic rings. The van der Waals surface area contributed by atoms with Gasteiger partial charge in [-0.1, -0.05) is 37.3 Å². The average Bonchev–Trinajstić information content (AvgIpc) is 2.36. The zero-order valence-electron chi connectivity index (χ0n) is 10.4. The van der Waals surface area contributed by atoms with Crippen LogP contribution in [0.25, 0.3) is 0 Å². The zero-order chi connectivity index (χ0) is 12.9. The van der Waals surface area contributed by atoms with E-state index in [4.69, 9.17) is 5.73 Å². The van der Waals surface area contributed by atoms with E-state index in [1.54, 1.807) is 0 Å². The van der Waals surface area contributed by atoms with Gasteiger partial charge in [0.05, 0.1) is 5.54 Å². The van der Waals surface area contributed by atoms with Crippen LogP contribution in [0.2, 0.25) is 0 Å². The van der Waals surface area contributed by atoms with Crippen molar-refractivity contribution >= 4 is 6.09 Å². The molecule has 1 rings (SSSR count). The molecule has 0 aliphatic heterocycles. The van der Waals surface area contributed by atoms with E-state index in [-0.39, 0.29) is 0 Å². The van der Waals surface area contributed by atoms with Crippen LogP contribution in [0.1, 0.15) is 25.8 Å². The number of carboxylic acid groups (broad SMARTS) is 1. The molecule has 1 aromatic rings. The van der Waals surface area contributed by atoms with Crippen LogP contribution >= 0.6 is 0 Å². The number of amides is 1. The normalized spacial score (nSPS) is 14.1. The maximum absolute atomic E-state index is 11.3. The molecule has 1 aromatic carbocycles. The lowest BCUT2D eigenvalue weighted by molar-refractivity contribution is 0.0797. The summed E-state index contributed by atoms with van der Waals surface area (Å²) in [5.74, 6) is 0. The summed E-state index contributed by atoms with van der Waals surface area (Å²) < 4.78 is 0. The summed E-state index contributed by atoms with van der Waals surface area (Å²) in [6, 6.07) is 9.56. The van der Waals surface area contributed by atoms with Crippen LogP contribution < -0.4 is 5.73 Å². The second kappa shape index (κ2) is 5.68. The van der Waals surface area contributed by atoms with Crippen LogP contribution in [0.4, 0.5) is 4.79 Å². The van der Waals surface area contributed by atoms with E-state index in [9.17, 15) is 9.90 Å². The van der Waals surface area contributed by atoms with Crippen molar-refractivity contribution < 1.29 is 9.90 Å². The summed E-state index contributed by atoms with van der Waals surface area (Å²) in [4.78, 5) is 12.8. The van der Waals surface area contributed by atoms with Gasteiger partial charge < -0.3 is 10.8 Å². The molecule has 1 amide bonds. The van der Waals surface area contributed by atoms with Gasteiger partial charge in [0, 0.05) is 13.1 Å². The molecule has 4 heteroatoms. The summed E-state index contributed by atoms with van der Waals surface area (Å²) in [6.07, 6.45) is -0.230. The van der Waals surface area contributed by atoms with Crippen LogP contribution in [-0.2, 0) is 6.54 Å². The Labute approximate surface area is 102 Å². The minimum Gasteiger partial charge on any atom is -0.465 e. The average molecular weight is 236 g/mol. The lowest BCUT2D eigenvalue weighted by atomic mass is 9.96. The number of carbonyl (C=O) groups is 1. The van der Waals surface area contributed by atoms with Crippen LogP contribution in [0.3, 0.4) is 0 Å². The van der Waals surface area contributed by atoms with E-state index in [1.165, 1.54) is 4.90 Å². The molecule has 0 bridgehead atoms. The van der Waals surface area contributed by atoms with E-state index in [0.717, 1.165) is 5.56 Å². The molecule has 0 spiro atoms. The molecule has 0 radical (unpaired) electrons. The number of hydrogen-bond donors (Lipinski definition) is 2. The van der Waals surface area contributed by atoms with Gasteiger partial charge in [-0.15, -0.1) is 0 Å². The van der Waals surface area contributed by atoms with Crippen molar-refractivity contribution in [3.8, 4) is 0 Å². The van der Waals surface area contributed by atoms with E-state index in [2.05, 4.69) is 0 Å². The maximum Gasteiger partial charge on any atom is 0.408 e. The Kier molecular flexibility index (Phi) is 4.52. The number of nitrogens with two attached hydrogens (primary N) is 1. The number of hydrogen-bond acceptors (Lipinski definition) is 2. The van der Waals surface area contributed by atoms with Crippen LogP contribution in [0.5, 0.6) is 0 Å². The van der Waals surface area contributed by atoms with E-state index >= 15 is 0 Å². The van der Waals surface area contributed by atoms with Gasteiger partial charge in [-0.2, -0.15) is 0 Å². The molecule has 1 atom stereocenters. The Morgan fingerprint density at radius 1 is 1.41 bits per heavy atom. The highest BCUT2D eigenvalue weighted by molar-refractivity contribution is 5.66. The van der Waals surface area contributed by atoms with Gasteiger partial charge in [0.1, 0.15) is 0 Å². The second-order valence-corrected chi connectivity index (χ2v) is 4.41. The first-order valence-electron chi connectivity index (χ1n) is 5.78. The Bertz CT molecular complexity index is 361. The van der Waals surface area contributed by atoms with Crippen molar-refractivity contribution in [2.24, 2.45) is 5.73 Å². The van der Waals surface area contributed by atoms with Gasteiger partial charge in [-0.05, 0) is 18.9 Å². The predicted octanol–water partition coefficient (Wildman–Crippen LogP) is 2.29. The lowest BCUT2D eigenvalue weighted by Crippen LogP contribution is -2.53. The van der Waals surface area contributed by atoms with E-state index in [1.807, 2.05) is 44.2 Å². The quantitative estimate of drug-likeness (QED) is 0.824. The molecule has 0 heterocycles. The van der Waals surface area contributed by atoms with Crippen molar-refractivity contribution in [3.63, 3.8) is 0 Å². The molecule has 3 N–H and O–H groups in total. The minimum atomic E-state index is -0.927. The molecule has 17 heavy (non-hydrogen) atoms. The first kappa shape index (κ1) is 13.5. The monoisotopic (exact) mass is 236 g/mol. The third-order valence-corrected chi connectivity index (χ3v) is 3.27. The van der Waals surface area contributed by atoms with Crippen LogP contribution in [0.15, 0.2) is 30.3 Å². The summed E-state index contributed by atoms with van der Waals surface area (Å²) >= 11 is 0. The number of nitrogens with zero attached hydrogens (tertiary/aromatic N) is 1. The lowest BCUT2D eigenvalue weighted by Gasteiger charge is -2.38. The predicted molar refractivity (Wildman–Crippen MR) is 67.8 cm³/mol. The number of benzene rings is 1. The van der Waals surface area contributed by atoms with Crippen LogP contribution in [-0.4, -0.2) is 28.2 Å². The first-order chi connectivity index (χ1) is 8.03. The summed E-state index contributed by atoms with van der Waals surface area (Å²) in [6.45, 7) is 4.53. The summed E-state index contributed by atoms with van der Waals surface area (Å²) in [5.41, 5.74) is 6.17. The molecule has 0 aromatic heterocycles. The highest BCUT2D eigenvalue weighted by atomic mass is 16.4. The van der Waals surface area contributed by atoms with Gasteiger partial charge >= 0.3 is 6.09 Å². The van der Waals surface area contributed by atoms with Crippen molar-refractivity contribution in [2.75, 3.05) is 6.54 Å². The molecule has 94 valence electrons. The molecule has 4 nitrogen and oxygen atoms in total. The van der Waals surface area contributed by atoms with Crippen molar-refractivity contribution in [1.82, 2.24) is 4.90 Å². The molecule has 0 aliphatic carbocycles. The highest BCUT2D eigenvalue weighted by Gasteiger charge is 2.32. The maximum atomic E-state index is 11.3. The Balaban J connectivity index is 2.91. The number of rotatable bonds is 5. The van der Waals surface area contributed by atoms with Crippen molar-refractivity contribution in [3.05, 3.63) is 35.9 Å². The summed E-state index contributed by atoms with van der Waals surface area (Å²) in [7, 11) is 0. The van der Waals surface area contributed by atoms with Gasteiger partial charge in [0.2, 0.25) is 0 Å². The van der Waals surface area contributed by atoms with Crippen molar-refractivity contribution in [1.29, 1.82) is 0 Å². The summed E-state index contributed by atoms with van der Waals surface area (Å²) in [5, 5.41) is 9.30. The van der Waals surface area contributed by atoms with Gasteiger partial charge in [0.25, 0.3) is 0 Å². The fraction of sp³-hybridized carbons (Fsp3) is 0.462. The smallest absolute Gasteiger partial charge is 0.408 e. The Morgan fingerprint density at radius 2 is 2.00 bits per heavy atom. The fourth-order valence-electron chi connectivity index (χ4n) is 1.70. The molecule has 0 saturated carbocycles. The van der Waals surface area contributed by atoms with Gasteiger partial charge in [-0.3, -0.25) is 4.90 Å².